The zero-order valence-corrected chi connectivity index (χ0v) is 14.3. The molecule has 1 aromatic carbocycles. The lowest BCUT2D eigenvalue weighted by molar-refractivity contribution is -0.117. The van der Waals surface area contributed by atoms with E-state index in [2.05, 4.69) is 10.2 Å². The zero-order chi connectivity index (χ0) is 17.1. The van der Waals surface area contributed by atoms with Crippen molar-refractivity contribution in [2.75, 3.05) is 0 Å². The monoisotopic (exact) mass is 342 g/mol. The Hall–Kier alpha value is -2.54. The minimum Gasteiger partial charge on any atom is -0.469 e. The van der Waals surface area contributed by atoms with Crippen LogP contribution in [0.3, 0.4) is 0 Å². The number of nitrogens with zero attached hydrogens (tertiary/aromatic N) is 3. The van der Waals surface area contributed by atoms with Crippen molar-refractivity contribution < 1.29 is 9.21 Å². The number of amides is 1. The Morgan fingerprint density at radius 3 is 2.67 bits per heavy atom. The number of carbonyl (C=O) groups is 1. The second-order valence-electron chi connectivity index (χ2n) is 5.43. The predicted molar refractivity (Wildman–Crippen MR) is 92.5 cm³/mol. The topological polar surface area (TPSA) is 86.9 Å². The molecule has 0 fully saturated rings. The highest BCUT2D eigenvalue weighted by Crippen LogP contribution is 2.29. The van der Waals surface area contributed by atoms with Gasteiger partial charge in [-0.25, -0.2) is 0 Å². The van der Waals surface area contributed by atoms with E-state index in [0.717, 1.165) is 16.9 Å². The fourth-order valence-electron chi connectivity index (χ4n) is 2.32. The molecule has 0 unspecified atom stereocenters. The number of aryl methyl sites for hydroxylation is 1. The number of carbonyl (C=O) groups excluding carboxylic acids is 1. The first-order chi connectivity index (χ1) is 11.6. The van der Waals surface area contributed by atoms with Crippen LogP contribution in [0.4, 0.5) is 0 Å². The van der Waals surface area contributed by atoms with Crippen LogP contribution in [0.2, 0.25) is 0 Å². The molecule has 7 heteroatoms. The fraction of sp³-hybridized carbons (Fsp3) is 0.235. The normalized spacial score (nSPS) is 12.2. The van der Waals surface area contributed by atoms with E-state index < -0.39 is 0 Å². The van der Waals surface area contributed by atoms with Gasteiger partial charge >= 0.3 is 0 Å². The van der Waals surface area contributed by atoms with Gasteiger partial charge in [-0.2, -0.15) is 0 Å². The predicted octanol–water partition coefficient (Wildman–Crippen LogP) is 2.86. The molecule has 2 heterocycles. The van der Waals surface area contributed by atoms with Gasteiger partial charge in [-0.3, -0.25) is 9.36 Å². The number of primary amides is 1. The lowest BCUT2D eigenvalue weighted by atomic mass is 10.2. The molecule has 6 nitrogen and oxygen atoms in total. The average Bonchev–Trinajstić information content (AvgIpc) is 3.15. The maximum absolute atomic E-state index is 11.4. The first-order valence-electron chi connectivity index (χ1n) is 7.54. The summed E-state index contributed by atoms with van der Waals surface area (Å²) in [7, 11) is 0. The molecule has 0 aliphatic carbocycles. The van der Waals surface area contributed by atoms with E-state index in [1.807, 2.05) is 47.9 Å². The molecule has 24 heavy (non-hydrogen) atoms. The number of benzene rings is 1. The molecular formula is C17H18N4O2S. The molecule has 3 rings (SSSR count). The maximum atomic E-state index is 11.4. The third-order valence-corrected chi connectivity index (χ3v) is 4.78. The lowest BCUT2D eigenvalue weighted by Crippen LogP contribution is -2.23. The van der Waals surface area contributed by atoms with Crippen molar-refractivity contribution in [3.8, 4) is 11.4 Å². The quantitative estimate of drug-likeness (QED) is 0.696. The van der Waals surface area contributed by atoms with Crippen LogP contribution in [-0.2, 0) is 11.3 Å². The van der Waals surface area contributed by atoms with E-state index in [4.69, 9.17) is 10.2 Å². The van der Waals surface area contributed by atoms with Crippen molar-refractivity contribution in [3.63, 3.8) is 0 Å². The van der Waals surface area contributed by atoms with Gasteiger partial charge in [-0.1, -0.05) is 42.1 Å². The van der Waals surface area contributed by atoms with Crippen LogP contribution in [0.15, 0.2) is 52.2 Å². The van der Waals surface area contributed by atoms with Gasteiger partial charge in [0.25, 0.3) is 0 Å². The Labute approximate surface area is 144 Å². The Kier molecular flexibility index (Phi) is 4.71. The molecule has 3 aromatic rings. The molecule has 0 aliphatic rings. The molecule has 124 valence electrons. The summed E-state index contributed by atoms with van der Waals surface area (Å²) in [5.41, 5.74) is 7.38. The van der Waals surface area contributed by atoms with Gasteiger partial charge in [-0.05, 0) is 25.5 Å². The standard InChI is InChI=1S/C17H18N4O2S/c1-11-14(8-9-23-11)16-19-20-17(24-12(2)15(18)22)21(16)10-13-6-4-3-5-7-13/h3-9,12H,10H2,1-2H3,(H2,18,22)/t12-/m0/s1. The largest absolute Gasteiger partial charge is 0.469 e. The van der Waals surface area contributed by atoms with E-state index in [9.17, 15) is 4.79 Å². The van der Waals surface area contributed by atoms with Crippen molar-refractivity contribution in [3.05, 3.63) is 54.0 Å². The van der Waals surface area contributed by atoms with E-state index in [1.165, 1.54) is 11.8 Å². The van der Waals surface area contributed by atoms with E-state index in [-0.39, 0.29) is 11.2 Å². The first kappa shape index (κ1) is 16.3. The first-order valence-corrected chi connectivity index (χ1v) is 8.42. The SMILES string of the molecule is Cc1occc1-c1nnc(S[C@@H](C)C(N)=O)n1Cc1ccccc1. The molecule has 0 bridgehead atoms. The number of aromatic nitrogens is 3. The Morgan fingerprint density at radius 2 is 2.04 bits per heavy atom. The van der Waals surface area contributed by atoms with Crippen molar-refractivity contribution in [2.24, 2.45) is 5.73 Å². The zero-order valence-electron chi connectivity index (χ0n) is 13.5. The molecular weight excluding hydrogens is 324 g/mol. The van der Waals surface area contributed by atoms with Gasteiger partial charge in [0.05, 0.1) is 23.6 Å². The molecule has 0 spiro atoms. The molecule has 0 radical (unpaired) electrons. The number of nitrogens with two attached hydrogens (primary N) is 1. The number of thioether (sulfide) groups is 1. The van der Waals surface area contributed by atoms with E-state index >= 15 is 0 Å². The Balaban J connectivity index is 2.02. The van der Waals surface area contributed by atoms with Gasteiger partial charge < -0.3 is 10.2 Å². The average molecular weight is 342 g/mol. The number of hydrogen-bond donors (Lipinski definition) is 1. The van der Waals surface area contributed by atoms with Crippen molar-refractivity contribution in [2.45, 2.75) is 30.8 Å². The highest BCUT2D eigenvalue weighted by Gasteiger charge is 2.21. The second-order valence-corrected chi connectivity index (χ2v) is 6.74. The van der Waals surface area contributed by atoms with Gasteiger partial charge in [0.15, 0.2) is 11.0 Å². The van der Waals surface area contributed by atoms with Crippen LogP contribution in [0.5, 0.6) is 0 Å². The third-order valence-electron chi connectivity index (χ3n) is 3.68. The Morgan fingerprint density at radius 1 is 1.29 bits per heavy atom. The summed E-state index contributed by atoms with van der Waals surface area (Å²) < 4.78 is 7.37. The highest BCUT2D eigenvalue weighted by atomic mass is 32.2. The molecule has 0 aliphatic heterocycles. The lowest BCUT2D eigenvalue weighted by Gasteiger charge is -2.11. The molecule has 0 saturated heterocycles. The highest BCUT2D eigenvalue weighted by molar-refractivity contribution is 8.00. The second kappa shape index (κ2) is 6.92. The number of hydrogen-bond acceptors (Lipinski definition) is 5. The smallest absolute Gasteiger partial charge is 0.230 e. The fourth-order valence-corrected chi connectivity index (χ4v) is 3.12. The summed E-state index contributed by atoms with van der Waals surface area (Å²) in [5.74, 6) is 1.11. The summed E-state index contributed by atoms with van der Waals surface area (Å²) >= 11 is 1.31. The summed E-state index contributed by atoms with van der Waals surface area (Å²) in [6.45, 7) is 4.24. The maximum Gasteiger partial charge on any atom is 0.230 e. The molecule has 2 aromatic heterocycles. The van der Waals surface area contributed by atoms with Gasteiger partial charge in [0.1, 0.15) is 5.76 Å². The molecule has 0 saturated carbocycles. The summed E-state index contributed by atoms with van der Waals surface area (Å²) in [6.07, 6.45) is 1.63. The molecule has 2 N–H and O–H groups in total. The summed E-state index contributed by atoms with van der Waals surface area (Å²) in [5, 5.41) is 8.83. The van der Waals surface area contributed by atoms with Crippen LogP contribution in [0.1, 0.15) is 18.2 Å². The minimum absolute atomic E-state index is 0.379. The van der Waals surface area contributed by atoms with Crippen LogP contribution >= 0.6 is 11.8 Å². The van der Waals surface area contributed by atoms with E-state index in [1.54, 1.807) is 13.2 Å². The number of rotatable bonds is 6. The van der Waals surface area contributed by atoms with E-state index in [0.29, 0.717) is 17.5 Å². The van der Waals surface area contributed by atoms with Gasteiger partial charge in [0.2, 0.25) is 5.91 Å². The third kappa shape index (κ3) is 3.35. The van der Waals surface area contributed by atoms with Crippen molar-refractivity contribution >= 4 is 17.7 Å². The van der Waals surface area contributed by atoms with Crippen LogP contribution < -0.4 is 5.73 Å². The molecule has 1 amide bonds. The van der Waals surface area contributed by atoms with Crippen LogP contribution in [0.25, 0.3) is 11.4 Å². The van der Waals surface area contributed by atoms with Crippen LogP contribution in [-0.4, -0.2) is 25.9 Å². The van der Waals surface area contributed by atoms with Crippen LogP contribution in [0, 0.1) is 6.92 Å². The molecule has 1 atom stereocenters. The number of furan rings is 1. The van der Waals surface area contributed by atoms with Crippen molar-refractivity contribution in [1.82, 2.24) is 14.8 Å². The van der Waals surface area contributed by atoms with Crippen molar-refractivity contribution in [1.29, 1.82) is 0 Å². The van der Waals surface area contributed by atoms with Gasteiger partial charge in [-0.15, -0.1) is 10.2 Å². The Bertz CT molecular complexity index is 841. The van der Waals surface area contributed by atoms with Gasteiger partial charge in [0, 0.05) is 0 Å². The minimum atomic E-state index is -0.387. The summed E-state index contributed by atoms with van der Waals surface area (Å²) in [4.78, 5) is 11.4. The summed E-state index contributed by atoms with van der Waals surface area (Å²) in [6, 6.07) is 11.9.